The molecule has 0 saturated carbocycles. The number of hydrogen-bond acceptors (Lipinski definition) is 1. The molecule has 0 amide bonds. The van der Waals surface area contributed by atoms with Crippen molar-refractivity contribution in [3.8, 4) is 5.75 Å². The topological polar surface area (TPSA) is 9.23 Å². The Balaban J connectivity index is 0.000000980. The molecule has 1 nitrogen and oxygen atoms in total. The summed E-state index contributed by atoms with van der Waals surface area (Å²) in [4.78, 5) is 0. The first-order valence-corrected chi connectivity index (χ1v) is 4.35. The minimum atomic E-state index is 0. The summed E-state index contributed by atoms with van der Waals surface area (Å²) in [5.74, 6) is 4.95. The predicted molar refractivity (Wildman–Crippen MR) is 54.9 cm³/mol. The molecule has 1 aromatic carbocycles. The zero-order valence-corrected chi connectivity index (χ0v) is 10.3. The van der Waals surface area contributed by atoms with Gasteiger partial charge >= 0.3 is 29.6 Å². The monoisotopic (exact) mass is 192 g/mol. The van der Waals surface area contributed by atoms with E-state index in [-0.39, 0.29) is 36.1 Å². The molecule has 2 rings (SSSR count). The molecule has 0 radical (unpaired) electrons. The Kier molecular flexibility index (Phi) is 4.95. The van der Waals surface area contributed by atoms with Crippen LogP contribution in [0.2, 0.25) is 0 Å². The fourth-order valence-corrected chi connectivity index (χ4v) is 1.21. The predicted octanol–water partition coefficient (Wildman–Crippen LogP) is -0.442. The molecule has 0 N–H and O–H groups in total. The van der Waals surface area contributed by atoms with E-state index in [1.807, 2.05) is 60.5 Å². The minimum Gasteiger partial charge on any atom is -0.719 e. The third-order valence-electron chi connectivity index (χ3n) is 1.84. The van der Waals surface area contributed by atoms with Gasteiger partial charge in [0.2, 0.25) is 0 Å². The maximum Gasteiger partial charge on any atom is 1.00 e. The molecule has 1 heterocycles. The fraction of sp³-hybridized carbons (Fsp3) is 0. The number of hydrogen-bond donors (Lipinski definition) is 0. The van der Waals surface area contributed by atoms with Crippen molar-refractivity contribution < 1.29 is 34.2 Å². The van der Waals surface area contributed by atoms with Crippen LogP contribution < -0.4 is 34.2 Å². The molecule has 2 aromatic rings. The van der Waals surface area contributed by atoms with Crippen molar-refractivity contribution >= 4 is 6.55 Å². The van der Waals surface area contributed by atoms with Crippen LogP contribution in [0.1, 0.15) is 0 Å². The van der Waals surface area contributed by atoms with Crippen molar-refractivity contribution in [1.82, 2.24) is 0 Å². The summed E-state index contributed by atoms with van der Waals surface area (Å²) in [6.07, 6.45) is 0. The van der Waals surface area contributed by atoms with E-state index >= 15 is 0 Å². The maximum absolute atomic E-state index is 5.66. The Labute approximate surface area is 106 Å². The first-order chi connectivity index (χ1) is 6.45. The average Bonchev–Trinajstić information content (AvgIpc) is 2.21. The molecule has 0 atom stereocenters. The van der Waals surface area contributed by atoms with Crippen molar-refractivity contribution in [3.05, 3.63) is 60.5 Å². The van der Waals surface area contributed by atoms with E-state index in [2.05, 4.69) is 0 Å². The molecule has 3 heteroatoms. The van der Waals surface area contributed by atoms with Crippen LogP contribution in [0.3, 0.4) is 0 Å². The van der Waals surface area contributed by atoms with Gasteiger partial charge in [0.05, 0.1) is 12.3 Å². The van der Waals surface area contributed by atoms with E-state index in [0.29, 0.717) is 0 Å². The van der Waals surface area contributed by atoms with Crippen LogP contribution in [0, 0.1) is 0 Å². The summed E-state index contributed by atoms with van der Waals surface area (Å²) in [7, 11) is 0. The smallest absolute Gasteiger partial charge is 0.719 e. The largest absolute Gasteiger partial charge is 1.00 e. The second kappa shape index (κ2) is 6.02. The Morgan fingerprint density at radius 2 is 1.36 bits per heavy atom. The van der Waals surface area contributed by atoms with E-state index in [9.17, 15) is 0 Å². The van der Waals surface area contributed by atoms with Crippen molar-refractivity contribution in [2.45, 2.75) is 0 Å². The van der Waals surface area contributed by atoms with E-state index in [1.165, 1.54) is 0 Å². The first-order valence-electron chi connectivity index (χ1n) is 4.35. The molecule has 0 aliphatic heterocycles. The molecule has 0 aliphatic rings. The maximum atomic E-state index is 5.66. The summed E-state index contributed by atoms with van der Waals surface area (Å²) < 4.78 is 5.66. The van der Waals surface area contributed by atoms with Gasteiger partial charge in [0.1, 0.15) is 0 Å². The van der Waals surface area contributed by atoms with Crippen LogP contribution in [0.25, 0.3) is 0 Å². The molecule has 0 fully saturated rings. The van der Waals surface area contributed by atoms with Crippen LogP contribution in [-0.2, 0) is 0 Å². The summed E-state index contributed by atoms with van der Waals surface area (Å²) in [5, 5.41) is 0. The van der Waals surface area contributed by atoms with Gasteiger partial charge < -0.3 is 4.65 Å². The van der Waals surface area contributed by atoms with Crippen molar-refractivity contribution in [3.63, 3.8) is 0 Å². The van der Waals surface area contributed by atoms with Gasteiger partial charge in [-0.1, -0.05) is 24.3 Å². The molecule has 0 spiro atoms. The molecule has 0 aliphatic carbocycles. The van der Waals surface area contributed by atoms with Gasteiger partial charge in [-0.2, -0.15) is 0 Å². The van der Waals surface area contributed by atoms with Crippen molar-refractivity contribution in [1.29, 1.82) is 0 Å². The fourth-order valence-electron chi connectivity index (χ4n) is 1.21. The second-order valence-corrected chi connectivity index (χ2v) is 2.86. The van der Waals surface area contributed by atoms with E-state index < -0.39 is 0 Å². The van der Waals surface area contributed by atoms with Crippen molar-refractivity contribution in [2.75, 3.05) is 0 Å². The normalized spacial score (nSPS) is 8.86. The van der Waals surface area contributed by atoms with Gasteiger partial charge in [0.15, 0.2) is 0 Å². The molecule has 0 saturated heterocycles. The van der Waals surface area contributed by atoms with Crippen LogP contribution in [0.4, 0.5) is 0 Å². The minimum absolute atomic E-state index is 0. The summed E-state index contributed by atoms with van der Waals surface area (Å²) in [6, 6.07) is 15.8. The molecule has 0 unspecified atom stereocenters. The van der Waals surface area contributed by atoms with Crippen LogP contribution in [0.15, 0.2) is 60.5 Å². The van der Waals surface area contributed by atoms with Gasteiger partial charge in [0, 0.05) is 0 Å². The quantitative estimate of drug-likeness (QED) is 0.586. The number of benzene rings is 1. The molecule has 0 bridgehead atoms. The van der Waals surface area contributed by atoms with Crippen LogP contribution in [-0.4, -0.2) is 6.55 Å². The third-order valence-corrected chi connectivity index (χ3v) is 1.84. The third kappa shape index (κ3) is 3.30. The first kappa shape index (κ1) is 11.5. The molecule has 64 valence electrons. The molecule has 1 aromatic heterocycles. The SMILES string of the molecule is [Na+].c1cc[b-](Oc2ccccc2)cc1. The summed E-state index contributed by atoms with van der Waals surface area (Å²) in [6.45, 7) is 0.0763. The Hall–Kier alpha value is -0.565. The summed E-state index contributed by atoms with van der Waals surface area (Å²) >= 11 is 0. The zero-order chi connectivity index (χ0) is 8.93. The Morgan fingerprint density at radius 1 is 0.786 bits per heavy atom. The Morgan fingerprint density at radius 3 is 2.00 bits per heavy atom. The average molecular weight is 192 g/mol. The molecular weight excluding hydrogens is 182 g/mol. The van der Waals surface area contributed by atoms with Gasteiger partial charge in [-0.05, 0) is 12.1 Å². The second-order valence-electron chi connectivity index (χ2n) is 2.86. The summed E-state index contributed by atoms with van der Waals surface area (Å²) in [5.41, 5.74) is 0. The molecule has 14 heavy (non-hydrogen) atoms. The standard InChI is InChI=1S/C11H10BO.Na/c1-3-7-11(8-4-1)13-12-9-5-2-6-10-12;/h1-10H;/q-1;+1. The van der Waals surface area contributed by atoms with Crippen molar-refractivity contribution in [2.24, 2.45) is 0 Å². The van der Waals surface area contributed by atoms with Crippen LogP contribution >= 0.6 is 0 Å². The Bertz CT molecular complexity index is 326. The van der Waals surface area contributed by atoms with E-state index in [1.54, 1.807) is 0 Å². The van der Waals surface area contributed by atoms with Gasteiger partial charge in [-0.15, -0.1) is 12.1 Å². The van der Waals surface area contributed by atoms with Gasteiger partial charge in [0.25, 0.3) is 0 Å². The number of para-hydroxylation sites is 1. The van der Waals surface area contributed by atoms with Gasteiger partial charge in [-0.3, -0.25) is 0 Å². The van der Waals surface area contributed by atoms with Crippen LogP contribution in [0.5, 0.6) is 5.75 Å². The van der Waals surface area contributed by atoms with E-state index in [0.717, 1.165) is 5.75 Å². The molecular formula is C11H10BNaO. The zero-order valence-electron chi connectivity index (χ0n) is 8.26. The van der Waals surface area contributed by atoms with E-state index in [4.69, 9.17) is 4.65 Å². The number of rotatable bonds is 2. The van der Waals surface area contributed by atoms with Gasteiger partial charge in [-0.25, -0.2) is 11.9 Å².